The van der Waals surface area contributed by atoms with Gasteiger partial charge in [0.15, 0.2) is 0 Å². The lowest BCUT2D eigenvalue weighted by Gasteiger charge is -2.16. The predicted octanol–water partition coefficient (Wildman–Crippen LogP) is 3.78. The number of allylic oxidation sites excluding steroid dienone is 2. The molecule has 0 N–H and O–H groups in total. The zero-order valence-electron chi connectivity index (χ0n) is 9.28. The van der Waals surface area contributed by atoms with Gasteiger partial charge in [-0.3, -0.25) is 0 Å². The van der Waals surface area contributed by atoms with Gasteiger partial charge in [-0.2, -0.15) is 0 Å². The van der Waals surface area contributed by atoms with E-state index in [2.05, 4.69) is 39.5 Å². The van der Waals surface area contributed by atoms with Crippen molar-refractivity contribution in [1.82, 2.24) is 0 Å². The molecule has 0 aromatic carbocycles. The van der Waals surface area contributed by atoms with Crippen LogP contribution in [0.1, 0.15) is 47.0 Å². The maximum Gasteiger partial charge on any atom is 0.0142 e. The molecule has 0 amide bonds. The normalized spacial score (nSPS) is 16.7. The summed E-state index contributed by atoms with van der Waals surface area (Å²) < 4.78 is 0. The minimum absolute atomic E-state index is 0.747. The van der Waals surface area contributed by atoms with Crippen molar-refractivity contribution in [2.24, 2.45) is 11.8 Å². The van der Waals surface area contributed by atoms with Crippen LogP contribution in [0.3, 0.4) is 0 Å². The first-order valence-electron chi connectivity index (χ1n) is 5.37. The Balaban J connectivity index is 2.43. The third kappa shape index (κ3) is 2.92. The molecule has 0 aliphatic heterocycles. The zero-order chi connectivity index (χ0) is 9.84. The van der Waals surface area contributed by atoms with Gasteiger partial charge >= 0.3 is 0 Å². The molecule has 13 heavy (non-hydrogen) atoms. The van der Waals surface area contributed by atoms with Crippen molar-refractivity contribution in [2.45, 2.75) is 47.0 Å². The van der Waals surface area contributed by atoms with E-state index in [0.29, 0.717) is 0 Å². The summed E-state index contributed by atoms with van der Waals surface area (Å²) in [6, 6.07) is 0. The van der Waals surface area contributed by atoms with Crippen LogP contribution in [0.15, 0.2) is 11.1 Å². The van der Waals surface area contributed by atoms with E-state index in [1.807, 2.05) is 0 Å². The van der Waals surface area contributed by atoms with Crippen LogP contribution in [0, 0.1) is 23.7 Å². The molecule has 0 heterocycles. The van der Waals surface area contributed by atoms with Gasteiger partial charge in [-0.1, -0.05) is 46.0 Å². The largest absolute Gasteiger partial charge is 0.0654 e. The Morgan fingerprint density at radius 2 is 1.54 bits per heavy atom. The van der Waals surface area contributed by atoms with Gasteiger partial charge in [-0.15, -0.1) is 0 Å². The Kier molecular flexibility index (Phi) is 3.60. The van der Waals surface area contributed by atoms with Crippen molar-refractivity contribution >= 4 is 0 Å². The van der Waals surface area contributed by atoms with Crippen LogP contribution in [0.2, 0.25) is 0 Å². The highest BCUT2D eigenvalue weighted by molar-refractivity contribution is 5.54. The van der Waals surface area contributed by atoms with Crippen LogP contribution in [0.4, 0.5) is 0 Å². The third-order valence-corrected chi connectivity index (χ3v) is 2.59. The highest BCUT2D eigenvalue weighted by Gasteiger charge is 2.13. The van der Waals surface area contributed by atoms with Crippen LogP contribution in [0.25, 0.3) is 0 Å². The van der Waals surface area contributed by atoms with Crippen LogP contribution in [0.5, 0.6) is 0 Å². The minimum atomic E-state index is 0.747. The second-order valence-electron chi connectivity index (χ2n) is 4.52. The van der Waals surface area contributed by atoms with Gasteiger partial charge in [0.05, 0.1) is 0 Å². The summed E-state index contributed by atoms with van der Waals surface area (Å²) in [7, 11) is 0. The van der Waals surface area contributed by atoms with Gasteiger partial charge in [0.1, 0.15) is 0 Å². The van der Waals surface area contributed by atoms with E-state index in [-0.39, 0.29) is 0 Å². The standard InChI is InChI=1S/C13H20/c1-5-11(4)9-13-7-6-12(13)8-10(2)3/h10-11H,5,8-9H2,1-4H3. The van der Waals surface area contributed by atoms with Crippen molar-refractivity contribution in [3.63, 3.8) is 0 Å². The lowest BCUT2D eigenvalue weighted by molar-refractivity contribution is 0.556. The summed E-state index contributed by atoms with van der Waals surface area (Å²) in [4.78, 5) is 0. The van der Waals surface area contributed by atoms with E-state index >= 15 is 0 Å². The summed E-state index contributed by atoms with van der Waals surface area (Å²) in [5.41, 5.74) is 2.86. The summed E-state index contributed by atoms with van der Waals surface area (Å²) in [6.07, 6.45) is 3.64. The molecule has 0 aromatic rings. The fourth-order valence-corrected chi connectivity index (χ4v) is 1.49. The van der Waals surface area contributed by atoms with Gasteiger partial charge in [-0.05, 0) is 24.7 Å². The molecular formula is C13H20. The van der Waals surface area contributed by atoms with Crippen molar-refractivity contribution in [3.8, 4) is 11.8 Å². The Bertz CT molecular complexity index is 257. The Morgan fingerprint density at radius 1 is 1.00 bits per heavy atom. The Morgan fingerprint density at radius 3 is 1.92 bits per heavy atom. The SMILES string of the molecule is CCC(C)CC1=C(CC(C)C)C#C1. The lowest BCUT2D eigenvalue weighted by atomic mass is 9.87. The molecule has 72 valence electrons. The van der Waals surface area contributed by atoms with Crippen molar-refractivity contribution < 1.29 is 0 Å². The van der Waals surface area contributed by atoms with Crippen molar-refractivity contribution in [1.29, 1.82) is 0 Å². The highest BCUT2D eigenvalue weighted by Crippen LogP contribution is 2.25. The molecule has 1 aliphatic rings. The molecule has 0 radical (unpaired) electrons. The number of hydrogen-bond acceptors (Lipinski definition) is 0. The minimum Gasteiger partial charge on any atom is -0.0654 e. The fourth-order valence-electron chi connectivity index (χ4n) is 1.49. The predicted molar refractivity (Wildman–Crippen MR) is 58.3 cm³/mol. The average molecular weight is 176 g/mol. The molecule has 0 heteroatoms. The first kappa shape index (κ1) is 10.4. The summed E-state index contributed by atoms with van der Waals surface area (Å²) in [5, 5.41) is 0. The van der Waals surface area contributed by atoms with Crippen molar-refractivity contribution in [2.75, 3.05) is 0 Å². The molecule has 0 saturated heterocycles. The molecule has 1 rings (SSSR count). The lowest BCUT2D eigenvalue weighted by Crippen LogP contribution is -2.04. The van der Waals surface area contributed by atoms with E-state index < -0.39 is 0 Å². The van der Waals surface area contributed by atoms with Crippen LogP contribution >= 0.6 is 0 Å². The van der Waals surface area contributed by atoms with Gasteiger partial charge in [0, 0.05) is 11.1 Å². The number of rotatable bonds is 5. The molecule has 0 aromatic heterocycles. The van der Waals surface area contributed by atoms with E-state index in [4.69, 9.17) is 0 Å². The smallest absolute Gasteiger partial charge is 0.0142 e. The maximum atomic E-state index is 3.20. The first-order valence-corrected chi connectivity index (χ1v) is 5.37. The van der Waals surface area contributed by atoms with Crippen molar-refractivity contribution in [3.05, 3.63) is 11.1 Å². The van der Waals surface area contributed by atoms with Crippen LogP contribution in [-0.2, 0) is 0 Å². The molecule has 0 bridgehead atoms. The van der Waals surface area contributed by atoms with E-state index in [0.717, 1.165) is 11.8 Å². The molecule has 1 unspecified atom stereocenters. The van der Waals surface area contributed by atoms with Gasteiger partial charge < -0.3 is 0 Å². The molecule has 1 aliphatic carbocycles. The Hall–Kier alpha value is -0.700. The molecule has 1 atom stereocenters. The second-order valence-corrected chi connectivity index (χ2v) is 4.52. The summed E-state index contributed by atoms with van der Waals surface area (Å²) in [5.74, 6) is 7.93. The quantitative estimate of drug-likeness (QED) is 0.559. The first-order chi connectivity index (χ1) is 6.13. The molecule has 0 fully saturated rings. The van der Waals surface area contributed by atoms with Crippen LogP contribution < -0.4 is 0 Å². The monoisotopic (exact) mass is 176 g/mol. The fraction of sp³-hybridized carbons (Fsp3) is 0.692. The molecular weight excluding hydrogens is 156 g/mol. The van der Waals surface area contributed by atoms with Gasteiger partial charge in [0.25, 0.3) is 0 Å². The third-order valence-electron chi connectivity index (χ3n) is 2.59. The maximum absolute atomic E-state index is 3.20. The summed E-state index contributed by atoms with van der Waals surface area (Å²) in [6.45, 7) is 9.07. The molecule has 0 spiro atoms. The van der Waals surface area contributed by atoms with Gasteiger partial charge in [0.2, 0.25) is 0 Å². The zero-order valence-corrected chi connectivity index (χ0v) is 9.28. The van der Waals surface area contributed by atoms with E-state index in [1.54, 1.807) is 0 Å². The van der Waals surface area contributed by atoms with Crippen LogP contribution in [-0.4, -0.2) is 0 Å². The second kappa shape index (κ2) is 4.51. The van der Waals surface area contributed by atoms with E-state index in [1.165, 1.54) is 30.4 Å². The molecule has 0 saturated carbocycles. The van der Waals surface area contributed by atoms with Gasteiger partial charge in [-0.25, -0.2) is 0 Å². The van der Waals surface area contributed by atoms with E-state index in [9.17, 15) is 0 Å². The summed E-state index contributed by atoms with van der Waals surface area (Å²) >= 11 is 0. The molecule has 0 nitrogen and oxygen atoms in total. The topological polar surface area (TPSA) is 0 Å². The number of hydrogen-bond donors (Lipinski definition) is 0. The Labute approximate surface area is 82.4 Å². The average Bonchev–Trinajstić information content (AvgIpc) is 2.08. The highest BCUT2D eigenvalue weighted by atomic mass is 14.2.